The average Bonchev–Trinajstić information content (AvgIpc) is 3.04. The van der Waals surface area contributed by atoms with E-state index >= 15 is 0 Å². The number of fused-ring (bicyclic) bond motifs is 1. The second-order valence-corrected chi connectivity index (χ2v) is 6.47. The molecule has 0 spiro atoms. The summed E-state index contributed by atoms with van der Waals surface area (Å²) in [5.41, 5.74) is 3.15. The molecule has 3 aromatic rings. The van der Waals surface area contributed by atoms with E-state index in [2.05, 4.69) is 20.3 Å². The van der Waals surface area contributed by atoms with E-state index in [1.165, 1.54) is 6.07 Å². The maximum absolute atomic E-state index is 11.9. The molecule has 0 fully saturated rings. The Morgan fingerprint density at radius 1 is 1.16 bits per heavy atom. The summed E-state index contributed by atoms with van der Waals surface area (Å²) in [5.74, 6) is 0.0575. The van der Waals surface area contributed by atoms with Crippen LogP contribution in [0.4, 0.5) is 0 Å². The van der Waals surface area contributed by atoms with E-state index in [-0.39, 0.29) is 22.5 Å². The molecule has 1 aliphatic rings. The fraction of sp³-hybridized carbons (Fsp3) is 0.118. The van der Waals surface area contributed by atoms with Crippen molar-refractivity contribution in [2.75, 3.05) is 6.54 Å². The maximum Gasteiger partial charge on any atom is 0.253 e. The van der Waals surface area contributed by atoms with Gasteiger partial charge in [-0.15, -0.1) is 0 Å². The molecule has 3 heterocycles. The van der Waals surface area contributed by atoms with Gasteiger partial charge in [-0.2, -0.15) is 0 Å². The Kier molecular flexibility index (Phi) is 3.86. The van der Waals surface area contributed by atoms with Gasteiger partial charge in [0.2, 0.25) is 0 Å². The number of aromatic hydroxyl groups is 1. The zero-order valence-corrected chi connectivity index (χ0v) is 14.3. The number of phenolic OH excluding ortho intramolecular Hbond substituents is 1. The Labute approximate surface area is 152 Å². The van der Waals surface area contributed by atoms with Crippen LogP contribution in [-0.4, -0.2) is 32.5 Å². The zero-order chi connectivity index (χ0) is 17.6. The second kappa shape index (κ2) is 6.06. The van der Waals surface area contributed by atoms with Gasteiger partial charge in [-0.05, 0) is 24.3 Å². The van der Waals surface area contributed by atoms with E-state index in [9.17, 15) is 9.90 Å². The minimum Gasteiger partial charge on any atom is -0.506 e. The van der Waals surface area contributed by atoms with Crippen LogP contribution in [0.5, 0.6) is 5.75 Å². The molecule has 0 saturated heterocycles. The number of phenols is 1. The molecule has 1 aliphatic heterocycles. The van der Waals surface area contributed by atoms with E-state index in [1.54, 1.807) is 24.4 Å². The van der Waals surface area contributed by atoms with Crippen LogP contribution in [0, 0.1) is 0 Å². The minimum absolute atomic E-state index is 0.0997. The lowest BCUT2D eigenvalue weighted by atomic mass is 10.1. The van der Waals surface area contributed by atoms with Gasteiger partial charge in [-0.3, -0.25) is 4.79 Å². The van der Waals surface area contributed by atoms with Crippen molar-refractivity contribution in [3.63, 3.8) is 0 Å². The molecule has 0 aliphatic carbocycles. The number of H-pyrrole nitrogens is 1. The number of carbonyl (C=O) groups excluding carboxylic acids is 1. The number of hydrogen-bond donors (Lipinski definition) is 3. The van der Waals surface area contributed by atoms with Crippen LogP contribution in [0.15, 0.2) is 30.5 Å². The van der Waals surface area contributed by atoms with Crippen molar-refractivity contribution in [3.05, 3.63) is 51.8 Å². The third-order valence-corrected chi connectivity index (χ3v) is 4.51. The number of aromatic nitrogens is 3. The zero-order valence-electron chi connectivity index (χ0n) is 12.8. The third kappa shape index (κ3) is 2.83. The van der Waals surface area contributed by atoms with Gasteiger partial charge in [0.1, 0.15) is 5.75 Å². The van der Waals surface area contributed by atoms with Crippen molar-refractivity contribution < 1.29 is 9.90 Å². The first-order valence-corrected chi connectivity index (χ1v) is 8.30. The average molecular weight is 375 g/mol. The number of amides is 1. The van der Waals surface area contributed by atoms with Crippen LogP contribution in [0.3, 0.4) is 0 Å². The molecule has 0 unspecified atom stereocenters. The molecule has 25 heavy (non-hydrogen) atoms. The summed E-state index contributed by atoms with van der Waals surface area (Å²) in [7, 11) is 0. The van der Waals surface area contributed by atoms with Gasteiger partial charge in [-0.1, -0.05) is 23.2 Å². The van der Waals surface area contributed by atoms with Gasteiger partial charge in [0.15, 0.2) is 5.82 Å². The first kappa shape index (κ1) is 15.9. The monoisotopic (exact) mass is 374 g/mol. The summed E-state index contributed by atoms with van der Waals surface area (Å²) in [6.07, 6.45) is 2.31. The van der Waals surface area contributed by atoms with E-state index in [1.807, 2.05) is 0 Å². The number of aromatic amines is 1. The molecule has 6 nitrogen and oxygen atoms in total. The molecule has 3 N–H and O–H groups in total. The topological polar surface area (TPSA) is 90.9 Å². The van der Waals surface area contributed by atoms with E-state index < -0.39 is 0 Å². The van der Waals surface area contributed by atoms with Gasteiger partial charge >= 0.3 is 0 Å². The molecule has 0 atom stereocenters. The number of carbonyl (C=O) groups is 1. The molecular weight excluding hydrogens is 363 g/mol. The lowest BCUT2D eigenvalue weighted by molar-refractivity contribution is 0.0946. The number of benzene rings is 1. The standard InChI is InChI=1S/C17H12Cl2N4O2/c18-8-5-10(15(24)11(19)6-8)16-20-3-2-13(23-16)14-7-9-12(22-14)1-4-21-17(9)25/h2-3,5-7,22,24H,1,4H2,(H,21,25). The molecule has 0 saturated carbocycles. The molecule has 0 radical (unpaired) electrons. The van der Waals surface area contributed by atoms with Gasteiger partial charge in [0, 0.05) is 29.9 Å². The van der Waals surface area contributed by atoms with Crippen molar-refractivity contribution >= 4 is 29.1 Å². The predicted octanol–water partition coefficient (Wildman–Crippen LogP) is 3.44. The normalized spacial score (nSPS) is 13.4. The Morgan fingerprint density at radius 2 is 2.00 bits per heavy atom. The lowest BCUT2D eigenvalue weighted by Crippen LogP contribution is -2.31. The fourth-order valence-electron chi connectivity index (χ4n) is 2.81. The molecule has 0 bridgehead atoms. The highest BCUT2D eigenvalue weighted by atomic mass is 35.5. The van der Waals surface area contributed by atoms with E-state index in [0.29, 0.717) is 34.1 Å². The first-order chi connectivity index (χ1) is 12.0. The molecular formula is C17H12Cl2N4O2. The number of hydrogen-bond acceptors (Lipinski definition) is 4. The molecule has 4 rings (SSSR count). The van der Waals surface area contributed by atoms with Crippen molar-refractivity contribution in [1.29, 1.82) is 0 Å². The van der Waals surface area contributed by atoms with Crippen LogP contribution in [-0.2, 0) is 6.42 Å². The summed E-state index contributed by atoms with van der Waals surface area (Å²) >= 11 is 12.0. The van der Waals surface area contributed by atoms with Gasteiger partial charge in [-0.25, -0.2) is 9.97 Å². The van der Waals surface area contributed by atoms with E-state index in [0.717, 1.165) is 12.1 Å². The minimum atomic E-state index is -0.131. The second-order valence-electron chi connectivity index (χ2n) is 5.63. The summed E-state index contributed by atoms with van der Waals surface area (Å²) in [5, 5.41) is 13.5. The van der Waals surface area contributed by atoms with Crippen molar-refractivity contribution in [3.8, 4) is 28.5 Å². The van der Waals surface area contributed by atoms with Crippen molar-refractivity contribution in [2.45, 2.75) is 6.42 Å². The molecule has 1 aromatic carbocycles. The largest absolute Gasteiger partial charge is 0.506 e. The van der Waals surface area contributed by atoms with Crippen LogP contribution < -0.4 is 5.32 Å². The van der Waals surface area contributed by atoms with Crippen LogP contribution >= 0.6 is 23.2 Å². The Balaban J connectivity index is 1.80. The number of halogens is 2. The van der Waals surface area contributed by atoms with Crippen LogP contribution in [0.25, 0.3) is 22.8 Å². The Hall–Kier alpha value is -2.57. The Morgan fingerprint density at radius 3 is 2.80 bits per heavy atom. The smallest absolute Gasteiger partial charge is 0.253 e. The van der Waals surface area contributed by atoms with Gasteiger partial charge in [0.05, 0.1) is 27.5 Å². The summed E-state index contributed by atoms with van der Waals surface area (Å²) in [6, 6.07) is 6.49. The van der Waals surface area contributed by atoms with E-state index in [4.69, 9.17) is 23.2 Å². The predicted molar refractivity (Wildman–Crippen MR) is 95.0 cm³/mol. The highest BCUT2D eigenvalue weighted by Gasteiger charge is 2.21. The summed E-state index contributed by atoms with van der Waals surface area (Å²) in [4.78, 5) is 23.8. The van der Waals surface area contributed by atoms with Crippen LogP contribution in [0.2, 0.25) is 10.0 Å². The lowest BCUT2D eigenvalue weighted by Gasteiger charge is -2.10. The molecule has 8 heteroatoms. The number of rotatable bonds is 2. The quantitative estimate of drug-likeness (QED) is 0.640. The highest BCUT2D eigenvalue weighted by Crippen LogP contribution is 2.37. The molecule has 126 valence electrons. The van der Waals surface area contributed by atoms with Gasteiger partial charge < -0.3 is 15.4 Å². The fourth-order valence-corrected chi connectivity index (χ4v) is 3.30. The first-order valence-electron chi connectivity index (χ1n) is 7.55. The number of nitrogens with zero attached hydrogens (tertiary/aromatic N) is 2. The van der Waals surface area contributed by atoms with Gasteiger partial charge in [0.25, 0.3) is 5.91 Å². The molecule has 1 amide bonds. The summed E-state index contributed by atoms with van der Waals surface area (Å²) in [6.45, 7) is 0.607. The maximum atomic E-state index is 11.9. The SMILES string of the molecule is O=C1NCCc2[nH]c(-c3ccnc(-c4cc(Cl)cc(Cl)c4O)n3)cc21. The summed E-state index contributed by atoms with van der Waals surface area (Å²) < 4.78 is 0. The van der Waals surface area contributed by atoms with Crippen molar-refractivity contribution in [1.82, 2.24) is 20.3 Å². The van der Waals surface area contributed by atoms with Crippen LogP contribution in [0.1, 0.15) is 16.1 Å². The molecule has 2 aromatic heterocycles. The third-order valence-electron chi connectivity index (χ3n) is 4.01. The Bertz CT molecular complexity index is 1000. The van der Waals surface area contributed by atoms with Crippen molar-refractivity contribution in [2.24, 2.45) is 0 Å². The highest BCUT2D eigenvalue weighted by molar-refractivity contribution is 6.36. The number of nitrogens with one attached hydrogen (secondary N) is 2.